The van der Waals surface area contributed by atoms with E-state index < -0.39 is 0 Å². The molecular formula is C21H31N3O. The van der Waals surface area contributed by atoms with Gasteiger partial charge in [-0.15, -0.1) is 0 Å². The predicted molar refractivity (Wildman–Crippen MR) is 106 cm³/mol. The van der Waals surface area contributed by atoms with Gasteiger partial charge in [-0.1, -0.05) is 26.0 Å². The molecule has 0 saturated heterocycles. The molecule has 1 saturated carbocycles. The summed E-state index contributed by atoms with van der Waals surface area (Å²) in [5.74, 6) is 2.02. The van der Waals surface area contributed by atoms with E-state index in [9.17, 15) is 4.79 Å². The van der Waals surface area contributed by atoms with E-state index in [-0.39, 0.29) is 5.91 Å². The van der Waals surface area contributed by atoms with Gasteiger partial charge in [0.1, 0.15) is 0 Å². The first-order chi connectivity index (χ1) is 11.8. The number of nitrogens with two attached hydrogens (primary N) is 1. The number of hydrogen-bond donors (Lipinski definition) is 3. The number of nitrogens with one attached hydrogen (secondary N) is 2. The number of carbonyl (C=O) groups excluding carboxylic acids is 1. The zero-order valence-electron chi connectivity index (χ0n) is 15.9. The smallest absolute Gasteiger partial charge is 0.224 e. The number of amides is 1. The first kappa shape index (κ1) is 19.2. The van der Waals surface area contributed by atoms with Gasteiger partial charge in [-0.2, -0.15) is 0 Å². The molecule has 0 radical (unpaired) electrons. The summed E-state index contributed by atoms with van der Waals surface area (Å²) >= 11 is 0. The van der Waals surface area contributed by atoms with Gasteiger partial charge in [0.2, 0.25) is 5.91 Å². The topological polar surface area (TPSA) is 79.0 Å². The molecule has 4 heteroatoms. The summed E-state index contributed by atoms with van der Waals surface area (Å²) in [6, 6.07) is 7.57. The molecule has 2 unspecified atom stereocenters. The van der Waals surface area contributed by atoms with Gasteiger partial charge >= 0.3 is 0 Å². The number of allylic oxidation sites excluding steroid dienone is 2. The van der Waals surface area contributed by atoms with Crippen molar-refractivity contribution in [3.63, 3.8) is 0 Å². The van der Waals surface area contributed by atoms with Crippen molar-refractivity contribution in [2.24, 2.45) is 23.5 Å². The molecule has 25 heavy (non-hydrogen) atoms. The van der Waals surface area contributed by atoms with Crippen LogP contribution >= 0.6 is 0 Å². The van der Waals surface area contributed by atoms with Crippen LogP contribution in [0.5, 0.6) is 0 Å². The molecule has 1 amide bonds. The SMILES string of the molecule is CC(=N)/C(=C(/C)N)c1ccc(NC(=O)CC2CC(C)CC(C)C2)cc1. The molecule has 0 aliphatic heterocycles. The Bertz CT molecular complexity index is 646. The summed E-state index contributed by atoms with van der Waals surface area (Å²) in [6.45, 7) is 8.10. The lowest BCUT2D eigenvalue weighted by molar-refractivity contribution is -0.117. The Morgan fingerprint density at radius 1 is 1.12 bits per heavy atom. The Hall–Kier alpha value is -2.10. The van der Waals surface area contributed by atoms with Crippen molar-refractivity contribution in [1.82, 2.24) is 0 Å². The number of carbonyl (C=O) groups is 1. The molecule has 2 rings (SSSR count). The third kappa shape index (κ3) is 5.45. The van der Waals surface area contributed by atoms with Gasteiger partial charge in [0.25, 0.3) is 0 Å². The van der Waals surface area contributed by atoms with Crippen LogP contribution in [-0.2, 0) is 4.79 Å². The summed E-state index contributed by atoms with van der Waals surface area (Å²) in [4.78, 5) is 12.4. The molecule has 0 spiro atoms. The third-order valence-electron chi connectivity index (χ3n) is 4.98. The van der Waals surface area contributed by atoms with Gasteiger partial charge in [0.15, 0.2) is 0 Å². The summed E-state index contributed by atoms with van der Waals surface area (Å²) in [6.07, 6.45) is 4.18. The lowest BCUT2D eigenvalue weighted by atomic mass is 9.75. The number of rotatable bonds is 5. The monoisotopic (exact) mass is 341 g/mol. The standard InChI is InChI=1S/C21H31N3O/c1-13-9-14(2)11-17(10-13)12-20(25)24-19-7-5-18(6-8-19)21(15(3)22)16(4)23/h5-8,13-14,17,22H,9-12,23H2,1-4H3,(H,24,25)/b21-16+,22-15?. The molecule has 2 atom stereocenters. The van der Waals surface area contributed by atoms with E-state index >= 15 is 0 Å². The van der Waals surface area contributed by atoms with Gasteiger partial charge in [0.05, 0.1) is 0 Å². The first-order valence-electron chi connectivity index (χ1n) is 9.18. The normalized spacial score (nSPS) is 24.4. The van der Waals surface area contributed by atoms with E-state index in [0.717, 1.165) is 41.5 Å². The van der Waals surface area contributed by atoms with Crippen LogP contribution < -0.4 is 11.1 Å². The molecule has 1 aliphatic carbocycles. The zero-order chi connectivity index (χ0) is 18.6. The average molecular weight is 341 g/mol. The highest BCUT2D eigenvalue weighted by Crippen LogP contribution is 2.34. The van der Waals surface area contributed by atoms with Crippen molar-refractivity contribution in [2.45, 2.75) is 53.4 Å². The van der Waals surface area contributed by atoms with E-state index in [0.29, 0.717) is 23.7 Å². The Kier molecular flexibility index (Phi) is 6.40. The van der Waals surface area contributed by atoms with E-state index in [1.165, 1.54) is 6.42 Å². The first-order valence-corrected chi connectivity index (χ1v) is 9.18. The second-order valence-electron chi connectivity index (χ2n) is 7.80. The van der Waals surface area contributed by atoms with Gasteiger partial charge in [-0.05, 0) is 68.6 Å². The van der Waals surface area contributed by atoms with Crippen LogP contribution in [0.2, 0.25) is 0 Å². The summed E-state index contributed by atoms with van der Waals surface area (Å²) in [5.41, 5.74) is 9.41. The summed E-state index contributed by atoms with van der Waals surface area (Å²) < 4.78 is 0. The van der Waals surface area contributed by atoms with Crippen LogP contribution in [0, 0.1) is 23.2 Å². The van der Waals surface area contributed by atoms with E-state index in [4.69, 9.17) is 11.1 Å². The minimum atomic E-state index is 0.0908. The molecule has 0 heterocycles. The maximum Gasteiger partial charge on any atom is 0.224 e. The highest BCUT2D eigenvalue weighted by molar-refractivity contribution is 6.21. The van der Waals surface area contributed by atoms with Gasteiger partial charge in [-0.3, -0.25) is 4.79 Å². The fraction of sp³-hybridized carbons (Fsp3) is 0.524. The number of anilines is 1. The third-order valence-corrected chi connectivity index (χ3v) is 4.98. The molecule has 0 bridgehead atoms. The molecule has 4 nitrogen and oxygen atoms in total. The Labute approximate surface area is 151 Å². The van der Waals surface area contributed by atoms with Gasteiger partial charge < -0.3 is 16.5 Å². The van der Waals surface area contributed by atoms with Crippen molar-refractivity contribution >= 4 is 22.9 Å². The van der Waals surface area contributed by atoms with Crippen LogP contribution in [0.4, 0.5) is 5.69 Å². The molecule has 1 aliphatic rings. The lowest BCUT2D eigenvalue weighted by Crippen LogP contribution is -2.24. The predicted octanol–water partition coefficient (Wildman–Crippen LogP) is 4.82. The van der Waals surface area contributed by atoms with Crippen molar-refractivity contribution in [3.05, 3.63) is 35.5 Å². The van der Waals surface area contributed by atoms with Crippen LogP contribution in [0.25, 0.3) is 5.57 Å². The lowest BCUT2D eigenvalue weighted by Gasteiger charge is -2.31. The molecule has 0 aromatic heterocycles. The van der Waals surface area contributed by atoms with E-state index in [1.54, 1.807) is 13.8 Å². The van der Waals surface area contributed by atoms with Crippen molar-refractivity contribution in [3.8, 4) is 0 Å². The molecule has 136 valence electrons. The Morgan fingerprint density at radius 3 is 2.16 bits per heavy atom. The van der Waals surface area contributed by atoms with E-state index in [1.807, 2.05) is 24.3 Å². The minimum Gasteiger partial charge on any atom is -0.402 e. The quantitative estimate of drug-likeness (QED) is 0.671. The minimum absolute atomic E-state index is 0.0908. The fourth-order valence-electron chi connectivity index (χ4n) is 4.21. The largest absolute Gasteiger partial charge is 0.402 e. The maximum atomic E-state index is 12.4. The van der Waals surface area contributed by atoms with Crippen LogP contribution in [0.1, 0.15) is 58.9 Å². The fourth-order valence-corrected chi connectivity index (χ4v) is 4.21. The highest BCUT2D eigenvalue weighted by atomic mass is 16.1. The Morgan fingerprint density at radius 2 is 1.68 bits per heavy atom. The second-order valence-corrected chi connectivity index (χ2v) is 7.80. The van der Waals surface area contributed by atoms with Crippen LogP contribution in [0.3, 0.4) is 0 Å². The maximum absolute atomic E-state index is 12.4. The second kappa shape index (κ2) is 8.32. The number of hydrogen-bond acceptors (Lipinski definition) is 3. The molecule has 1 aromatic carbocycles. The highest BCUT2D eigenvalue weighted by Gasteiger charge is 2.25. The average Bonchev–Trinajstić information content (AvgIpc) is 2.47. The molecular weight excluding hydrogens is 310 g/mol. The van der Waals surface area contributed by atoms with Crippen LogP contribution in [0.15, 0.2) is 30.0 Å². The van der Waals surface area contributed by atoms with Crippen LogP contribution in [-0.4, -0.2) is 11.6 Å². The van der Waals surface area contributed by atoms with Crippen molar-refractivity contribution in [2.75, 3.05) is 5.32 Å². The summed E-state index contributed by atoms with van der Waals surface area (Å²) in [5, 5.41) is 10.9. The summed E-state index contributed by atoms with van der Waals surface area (Å²) in [7, 11) is 0. The molecule has 1 fully saturated rings. The zero-order valence-corrected chi connectivity index (χ0v) is 15.9. The molecule has 4 N–H and O–H groups in total. The number of benzene rings is 1. The van der Waals surface area contributed by atoms with E-state index in [2.05, 4.69) is 19.2 Å². The Balaban J connectivity index is 1.98. The van der Waals surface area contributed by atoms with Gasteiger partial charge in [0, 0.05) is 29.1 Å². The van der Waals surface area contributed by atoms with Crippen molar-refractivity contribution in [1.29, 1.82) is 5.41 Å². The van der Waals surface area contributed by atoms with Gasteiger partial charge in [-0.25, -0.2) is 0 Å². The molecule has 1 aromatic rings. The van der Waals surface area contributed by atoms with Crippen molar-refractivity contribution < 1.29 is 4.79 Å².